The number of furan rings is 1. The second kappa shape index (κ2) is 7.91. The number of anilines is 1. The number of carbonyl (C=O) groups excluding carboxylic acids is 1. The molecule has 0 fully saturated rings. The Morgan fingerprint density at radius 1 is 0.968 bits per heavy atom. The van der Waals surface area contributed by atoms with Crippen LogP contribution in [0.25, 0.3) is 33.9 Å². The molecule has 0 atom stereocenters. The minimum atomic E-state index is -0.403. The summed E-state index contributed by atoms with van der Waals surface area (Å²) in [6.45, 7) is 0. The van der Waals surface area contributed by atoms with E-state index >= 15 is 0 Å². The molecule has 0 bridgehead atoms. The van der Waals surface area contributed by atoms with Crippen molar-refractivity contribution in [2.45, 2.75) is 0 Å². The summed E-state index contributed by atoms with van der Waals surface area (Å²) in [4.78, 5) is 21.2. The van der Waals surface area contributed by atoms with E-state index in [1.54, 1.807) is 60.9 Å². The van der Waals surface area contributed by atoms with Crippen molar-refractivity contribution in [2.75, 3.05) is 5.32 Å². The molecule has 8 heteroatoms. The predicted molar refractivity (Wildman–Crippen MR) is 119 cm³/mol. The van der Waals surface area contributed by atoms with E-state index in [9.17, 15) is 4.79 Å². The highest BCUT2D eigenvalue weighted by atomic mass is 35.5. The Kier molecular flexibility index (Phi) is 4.94. The van der Waals surface area contributed by atoms with Crippen molar-refractivity contribution in [3.63, 3.8) is 0 Å². The molecular formula is C23H13Cl2N3O3. The van der Waals surface area contributed by atoms with Crippen molar-refractivity contribution in [3.8, 4) is 22.8 Å². The normalized spacial score (nSPS) is 11.0. The fourth-order valence-electron chi connectivity index (χ4n) is 3.10. The van der Waals surface area contributed by atoms with E-state index < -0.39 is 5.91 Å². The van der Waals surface area contributed by atoms with E-state index in [0.29, 0.717) is 44.0 Å². The molecular weight excluding hydrogens is 437 g/mol. The molecule has 152 valence electrons. The van der Waals surface area contributed by atoms with Crippen LogP contribution in [0.3, 0.4) is 0 Å². The summed E-state index contributed by atoms with van der Waals surface area (Å²) in [5.74, 6) is 0.647. The molecule has 0 radical (unpaired) electrons. The minimum Gasteiger partial charge on any atom is -0.451 e. The molecule has 3 heterocycles. The van der Waals surface area contributed by atoms with Gasteiger partial charge in [-0.25, -0.2) is 4.98 Å². The molecule has 2 aromatic carbocycles. The van der Waals surface area contributed by atoms with Crippen LogP contribution in [0.15, 0.2) is 81.9 Å². The van der Waals surface area contributed by atoms with Crippen molar-refractivity contribution < 1.29 is 13.6 Å². The molecule has 0 aliphatic heterocycles. The van der Waals surface area contributed by atoms with Gasteiger partial charge >= 0.3 is 0 Å². The number of amides is 1. The van der Waals surface area contributed by atoms with Crippen LogP contribution in [0.4, 0.5) is 5.69 Å². The number of hydrogen-bond acceptors (Lipinski definition) is 5. The van der Waals surface area contributed by atoms with Crippen molar-refractivity contribution in [1.82, 2.24) is 9.97 Å². The van der Waals surface area contributed by atoms with Crippen molar-refractivity contribution in [1.29, 1.82) is 0 Å². The molecule has 0 aliphatic carbocycles. The molecule has 0 unspecified atom stereocenters. The van der Waals surface area contributed by atoms with E-state index in [1.807, 2.05) is 12.1 Å². The van der Waals surface area contributed by atoms with Gasteiger partial charge in [0.15, 0.2) is 11.3 Å². The number of rotatable bonds is 4. The number of benzene rings is 2. The minimum absolute atomic E-state index is 0.141. The van der Waals surface area contributed by atoms with Gasteiger partial charge in [0.2, 0.25) is 5.89 Å². The largest absolute Gasteiger partial charge is 0.451 e. The number of carbonyl (C=O) groups is 1. The lowest BCUT2D eigenvalue weighted by Gasteiger charge is -2.03. The second-order valence-electron chi connectivity index (χ2n) is 6.69. The maximum Gasteiger partial charge on any atom is 0.291 e. The van der Waals surface area contributed by atoms with E-state index in [1.165, 1.54) is 0 Å². The van der Waals surface area contributed by atoms with Gasteiger partial charge in [0, 0.05) is 28.7 Å². The van der Waals surface area contributed by atoms with Crippen LogP contribution >= 0.6 is 23.2 Å². The zero-order valence-corrected chi connectivity index (χ0v) is 17.3. The Hall–Kier alpha value is -3.61. The molecule has 5 rings (SSSR count). The third-order valence-electron chi connectivity index (χ3n) is 4.58. The first-order chi connectivity index (χ1) is 15.1. The van der Waals surface area contributed by atoms with E-state index in [-0.39, 0.29) is 5.76 Å². The summed E-state index contributed by atoms with van der Waals surface area (Å²) in [7, 11) is 0. The number of hydrogen-bond donors (Lipinski definition) is 1. The van der Waals surface area contributed by atoms with E-state index in [2.05, 4.69) is 15.3 Å². The van der Waals surface area contributed by atoms with Gasteiger partial charge in [-0.05, 0) is 60.7 Å². The molecule has 31 heavy (non-hydrogen) atoms. The zero-order chi connectivity index (χ0) is 21.4. The average molecular weight is 450 g/mol. The lowest BCUT2D eigenvalue weighted by atomic mass is 10.2. The Morgan fingerprint density at radius 3 is 2.71 bits per heavy atom. The Morgan fingerprint density at radius 2 is 1.87 bits per heavy atom. The lowest BCUT2D eigenvalue weighted by molar-refractivity contribution is 0.0997. The summed E-state index contributed by atoms with van der Waals surface area (Å²) >= 11 is 12.2. The number of aromatic nitrogens is 2. The summed E-state index contributed by atoms with van der Waals surface area (Å²) in [5, 5.41) is 3.80. The number of halogens is 2. The van der Waals surface area contributed by atoms with Crippen LogP contribution in [0, 0.1) is 0 Å². The Labute approximate surface area is 186 Å². The second-order valence-corrected chi connectivity index (χ2v) is 7.53. The molecule has 0 aliphatic rings. The third kappa shape index (κ3) is 3.91. The molecule has 0 saturated carbocycles. The molecule has 1 amide bonds. The lowest BCUT2D eigenvalue weighted by Crippen LogP contribution is -2.10. The monoisotopic (exact) mass is 449 g/mol. The maximum atomic E-state index is 12.7. The van der Waals surface area contributed by atoms with Crippen LogP contribution in [0.2, 0.25) is 10.0 Å². The third-order valence-corrected chi connectivity index (χ3v) is 5.14. The molecule has 1 N–H and O–H groups in total. The number of nitrogens with one attached hydrogen (secondary N) is 1. The highest BCUT2D eigenvalue weighted by Crippen LogP contribution is 2.32. The van der Waals surface area contributed by atoms with E-state index in [4.69, 9.17) is 32.0 Å². The van der Waals surface area contributed by atoms with Gasteiger partial charge in [-0.2, -0.15) is 0 Å². The number of fused-ring (bicyclic) bond motifs is 1. The standard InChI is InChI=1S/C23H13Cl2N3O3/c24-14-3-5-17(25)16(10-14)19-7-8-21(30-19)22(29)27-15-4-6-20-18(11-15)28-23(31-20)13-2-1-9-26-12-13/h1-12H,(H,27,29). The van der Waals surface area contributed by atoms with Gasteiger partial charge in [0.1, 0.15) is 11.3 Å². The Bertz CT molecular complexity index is 1410. The first-order valence-corrected chi connectivity index (χ1v) is 10.00. The zero-order valence-electron chi connectivity index (χ0n) is 15.8. The summed E-state index contributed by atoms with van der Waals surface area (Å²) in [5.41, 5.74) is 3.16. The fraction of sp³-hybridized carbons (Fsp3) is 0. The van der Waals surface area contributed by atoms with Gasteiger partial charge in [-0.1, -0.05) is 23.2 Å². The highest BCUT2D eigenvalue weighted by Gasteiger charge is 2.16. The summed E-state index contributed by atoms with van der Waals surface area (Å²) in [6, 6.07) is 17.2. The van der Waals surface area contributed by atoms with Crippen molar-refractivity contribution in [3.05, 3.63) is 88.9 Å². The Balaban J connectivity index is 1.38. The van der Waals surface area contributed by atoms with Gasteiger partial charge < -0.3 is 14.2 Å². The molecule has 5 aromatic rings. The maximum absolute atomic E-state index is 12.7. The first kappa shape index (κ1) is 19.4. The van der Waals surface area contributed by atoms with Crippen molar-refractivity contribution in [2.24, 2.45) is 0 Å². The average Bonchev–Trinajstić information content (AvgIpc) is 3.43. The van der Waals surface area contributed by atoms with Crippen LogP contribution in [0.1, 0.15) is 10.6 Å². The fourth-order valence-corrected chi connectivity index (χ4v) is 3.48. The van der Waals surface area contributed by atoms with Crippen molar-refractivity contribution >= 4 is 45.9 Å². The quantitative estimate of drug-likeness (QED) is 0.329. The summed E-state index contributed by atoms with van der Waals surface area (Å²) in [6.07, 6.45) is 3.36. The van der Waals surface area contributed by atoms with Gasteiger partial charge in [0.25, 0.3) is 5.91 Å². The first-order valence-electron chi connectivity index (χ1n) is 9.24. The smallest absolute Gasteiger partial charge is 0.291 e. The number of oxazole rings is 1. The summed E-state index contributed by atoms with van der Waals surface area (Å²) < 4.78 is 11.5. The number of pyridine rings is 1. The van der Waals surface area contributed by atoms with Crippen LogP contribution < -0.4 is 5.32 Å². The van der Waals surface area contributed by atoms with Gasteiger partial charge in [-0.15, -0.1) is 0 Å². The SMILES string of the molecule is O=C(Nc1ccc2oc(-c3cccnc3)nc2c1)c1ccc(-c2cc(Cl)ccc2Cl)o1. The van der Waals surface area contributed by atoms with Crippen LogP contribution in [-0.2, 0) is 0 Å². The molecule has 0 spiro atoms. The van der Waals surface area contributed by atoms with E-state index in [0.717, 1.165) is 5.56 Å². The molecule has 0 saturated heterocycles. The van der Waals surface area contributed by atoms with Gasteiger partial charge in [-0.3, -0.25) is 9.78 Å². The van der Waals surface area contributed by atoms with Crippen LogP contribution in [-0.4, -0.2) is 15.9 Å². The highest BCUT2D eigenvalue weighted by molar-refractivity contribution is 6.35. The molecule has 6 nitrogen and oxygen atoms in total. The predicted octanol–water partition coefficient (Wildman–Crippen LogP) is 6.71. The molecule has 3 aromatic heterocycles. The van der Waals surface area contributed by atoms with Gasteiger partial charge in [0.05, 0.1) is 10.6 Å². The topological polar surface area (TPSA) is 81.2 Å². The van der Waals surface area contributed by atoms with Crippen LogP contribution in [0.5, 0.6) is 0 Å². The number of nitrogens with zero attached hydrogens (tertiary/aromatic N) is 2.